The van der Waals surface area contributed by atoms with E-state index >= 15 is 0 Å². The number of halogens is 1. The predicted octanol–water partition coefficient (Wildman–Crippen LogP) is 4.25. The van der Waals surface area contributed by atoms with Gasteiger partial charge in [0.05, 0.1) is 17.6 Å². The van der Waals surface area contributed by atoms with E-state index in [0.717, 1.165) is 48.7 Å². The van der Waals surface area contributed by atoms with E-state index in [-0.39, 0.29) is 5.91 Å². The highest BCUT2D eigenvalue weighted by Gasteiger charge is 2.24. The summed E-state index contributed by atoms with van der Waals surface area (Å²) in [6, 6.07) is 16.3. The molecule has 1 amide bonds. The first-order chi connectivity index (χ1) is 19.1. The third-order valence-corrected chi connectivity index (χ3v) is 7.03. The molecule has 5 aromatic rings. The Morgan fingerprint density at radius 3 is 2.59 bits per heavy atom. The molecule has 0 spiro atoms. The predicted molar refractivity (Wildman–Crippen MR) is 147 cm³/mol. The van der Waals surface area contributed by atoms with Crippen molar-refractivity contribution < 1.29 is 9.18 Å². The highest BCUT2D eigenvalue weighted by molar-refractivity contribution is 5.97. The molecule has 1 aromatic carbocycles. The zero-order chi connectivity index (χ0) is 26.8. The van der Waals surface area contributed by atoms with Crippen molar-refractivity contribution in [2.75, 3.05) is 31.1 Å². The number of nitrogens with zero attached hydrogens (tertiary/aromatic N) is 8. The molecule has 1 aliphatic rings. The molecule has 1 saturated heterocycles. The van der Waals surface area contributed by atoms with Gasteiger partial charge in [0.1, 0.15) is 17.3 Å². The Morgan fingerprint density at radius 2 is 1.82 bits per heavy atom. The number of aromatic nitrogens is 6. The number of fused-ring (bicyclic) bond motifs is 1. The van der Waals surface area contributed by atoms with Crippen molar-refractivity contribution in [1.82, 2.24) is 34.0 Å². The fraction of sp³-hybridized carbons (Fsp3) is 0.276. The lowest BCUT2D eigenvalue weighted by Gasteiger charge is -2.35. The van der Waals surface area contributed by atoms with Crippen molar-refractivity contribution >= 4 is 22.8 Å². The molecular formula is C29H29FN8O. The number of carbonyl (C=O) groups excluding carboxylic acids is 1. The largest absolute Gasteiger partial charge is 0.353 e. The number of imidazole rings is 2. The summed E-state index contributed by atoms with van der Waals surface area (Å²) in [5.41, 5.74) is 2.88. The van der Waals surface area contributed by atoms with Crippen LogP contribution in [0, 0.1) is 5.95 Å². The lowest BCUT2D eigenvalue weighted by atomic mass is 10.1. The Kier molecular flexibility index (Phi) is 6.75. The monoisotopic (exact) mass is 524 g/mol. The average molecular weight is 525 g/mol. The Hall–Kier alpha value is -4.60. The Morgan fingerprint density at radius 1 is 0.949 bits per heavy atom. The molecule has 1 fully saturated rings. The molecule has 9 nitrogen and oxygen atoms in total. The van der Waals surface area contributed by atoms with Gasteiger partial charge in [0.15, 0.2) is 5.82 Å². The lowest BCUT2D eigenvalue weighted by Crippen LogP contribution is -2.49. The Balaban J connectivity index is 1.25. The van der Waals surface area contributed by atoms with Crippen LogP contribution in [0.4, 0.5) is 10.2 Å². The fourth-order valence-corrected chi connectivity index (χ4v) is 5.12. The molecule has 0 N–H and O–H groups in total. The smallest absolute Gasteiger partial charge is 0.254 e. The topological polar surface area (TPSA) is 85.0 Å². The highest BCUT2D eigenvalue weighted by Crippen LogP contribution is 2.23. The summed E-state index contributed by atoms with van der Waals surface area (Å²) in [6.07, 6.45) is 6.23. The number of aryl methyl sites for hydroxylation is 1. The molecule has 5 heterocycles. The molecule has 0 radical (unpaired) electrons. The quantitative estimate of drug-likeness (QED) is 0.296. The van der Waals surface area contributed by atoms with E-state index in [0.29, 0.717) is 36.7 Å². The van der Waals surface area contributed by atoms with Crippen molar-refractivity contribution in [2.45, 2.75) is 26.4 Å². The number of amides is 1. The van der Waals surface area contributed by atoms with Crippen LogP contribution in [0.15, 0.2) is 73.2 Å². The Bertz CT molecular complexity index is 1600. The second-order valence-electron chi connectivity index (χ2n) is 9.57. The lowest BCUT2D eigenvalue weighted by molar-refractivity contribution is 0.0746. The molecule has 0 aliphatic carbocycles. The van der Waals surface area contributed by atoms with Crippen molar-refractivity contribution in [2.24, 2.45) is 0 Å². The zero-order valence-electron chi connectivity index (χ0n) is 21.7. The van der Waals surface area contributed by atoms with Gasteiger partial charge in [0.25, 0.3) is 5.91 Å². The summed E-state index contributed by atoms with van der Waals surface area (Å²) in [7, 11) is 0. The number of hydrogen-bond donors (Lipinski definition) is 0. The van der Waals surface area contributed by atoms with E-state index in [9.17, 15) is 9.18 Å². The van der Waals surface area contributed by atoms with Crippen molar-refractivity contribution in [1.29, 1.82) is 0 Å². The molecule has 4 aromatic heterocycles. The van der Waals surface area contributed by atoms with Gasteiger partial charge >= 0.3 is 0 Å². The van der Waals surface area contributed by atoms with Gasteiger partial charge in [-0.25, -0.2) is 19.9 Å². The number of piperazine rings is 1. The summed E-state index contributed by atoms with van der Waals surface area (Å²) >= 11 is 0. The average Bonchev–Trinajstić information content (AvgIpc) is 3.58. The van der Waals surface area contributed by atoms with Crippen LogP contribution in [0.1, 0.15) is 29.5 Å². The van der Waals surface area contributed by atoms with Crippen LogP contribution >= 0.6 is 0 Å². The third kappa shape index (κ3) is 4.97. The second-order valence-corrected chi connectivity index (χ2v) is 9.57. The van der Waals surface area contributed by atoms with Gasteiger partial charge in [-0.3, -0.25) is 4.79 Å². The molecule has 10 heteroatoms. The van der Waals surface area contributed by atoms with Gasteiger partial charge in [0, 0.05) is 56.9 Å². The minimum absolute atomic E-state index is 0.0254. The molecule has 0 bridgehead atoms. The van der Waals surface area contributed by atoms with Gasteiger partial charge in [-0.05, 0) is 48.9 Å². The maximum Gasteiger partial charge on any atom is 0.254 e. The number of benzene rings is 1. The zero-order valence-corrected chi connectivity index (χ0v) is 21.7. The molecule has 6 rings (SSSR count). The SMILES string of the molecule is CCCn1c(Cn2ccnc2-c2cccc(F)n2)nc2ccc(C(=O)N3CCN(c4ccccn4)CC3)cc21. The van der Waals surface area contributed by atoms with Crippen LogP contribution in [0.25, 0.3) is 22.6 Å². The minimum Gasteiger partial charge on any atom is -0.353 e. The fourth-order valence-electron chi connectivity index (χ4n) is 5.12. The first-order valence-electron chi connectivity index (χ1n) is 13.2. The molecule has 0 atom stereocenters. The van der Waals surface area contributed by atoms with Crippen molar-refractivity contribution in [3.63, 3.8) is 0 Å². The normalized spacial score (nSPS) is 13.8. The maximum atomic E-state index is 13.8. The summed E-state index contributed by atoms with van der Waals surface area (Å²) in [5, 5.41) is 0. The minimum atomic E-state index is -0.546. The van der Waals surface area contributed by atoms with E-state index in [1.54, 1.807) is 24.5 Å². The molecular weight excluding hydrogens is 495 g/mol. The number of rotatable bonds is 7. The highest BCUT2D eigenvalue weighted by atomic mass is 19.1. The number of pyridine rings is 2. The number of hydrogen-bond acceptors (Lipinski definition) is 6. The molecule has 1 aliphatic heterocycles. The molecule has 198 valence electrons. The maximum absolute atomic E-state index is 13.8. The van der Waals surface area contributed by atoms with Crippen molar-refractivity contribution in [3.8, 4) is 11.5 Å². The second kappa shape index (κ2) is 10.6. The van der Waals surface area contributed by atoms with Crippen molar-refractivity contribution in [3.05, 3.63) is 90.5 Å². The summed E-state index contributed by atoms with van der Waals surface area (Å²) in [6.45, 7) is 6.10. The standard InChI is InChI=1S/C29H29FN8O/c1-2-13-38-24-19-21(29(39)36-17-15-35(16-18-36)26-8-3-4-11-31-26)9-10-22(24)34-27(38)20-37-14-12-32-28(37)23-6-5-7-25(30)33-23/h3-12,14,19H,2,13,15-18,20H2,1H3. The van der Waals surface area contributed by atoms with Gasteiger partial charge in [-0.15, -0.1) is 0 Å². The van der Waals surface area contributed by atoms with E-state index in [1.165, 1.54) is 6.07 Å². The first-order valence-corrected chi connectivity index (χ1v) is 13.2. The van der Waals surface area contributed by atoms with Crippen LogP contribution in [-0.4, -0.2) is 66.1 Å². The Labute approximate surface area is 225 Å². The van der Waals surface area contributed by atoms with E-state index < -0.39 is 5.95 Å². The summed E-state index contributed by atoms with van der Waals surface area (Å²) in [5.74, 6) is 1.84. The molecule has 0 unspecified atom stereocenters. The number of carbonyl (C=O) groups is 1. The van der Waals surface area contributed by atoms with Crippen LogP contribution in [0.5, 0.6) is 0 Å². The van der Waals surface area contributed by atoms with Gasteiger partial charge < -0.3 is 18.9 Å². The molecule has 39 heavy (non-hydrogen) atoms. The van der Waals surface area contributed by atoms with Crippen LogP contribution in [-0.2, 0) is 13.1 Å². The van der Waals surface area contributed by atoms with Crippen LogP contribution in [0.2, 0.25) is 0 Å². The summed E-state index contributed by atoms with van der Waals surface area (Å²) in [4.78, 5) is 35.3. The molecule has 0 saturated carbocycles. The van der Waals surface area contributed by atoms with E-state index in [4.69, 9.17) is 4.98 Å². The number of anilines is 1. The van der Waals surface area contributed by atoms with Gasteiger partial charge in [-0.2, -0.15) is 4.39 Å². The summed E-state index contributed by atoms with van der Waals surface area (Å²) < 4.78 is 17.8. The van der Waals surface area contributed by atoms with E-state index in [1.807, 2.05) is 52.1 Å². The van der Waals surface area contributed by atoms with Gasteiger partial charge in [0.2, 0.25) is 5.95 Å². The first kappa shape index (κ1) is 24.7. The van der Waals surface area contributed by atoms with Crippen LogP contribution < -0.4 is 4.90 Å². The third-order valence-electron chi connectivity index (χ3n) is 7.03. The van der Waals surface area contributed by atoms with Crippen LogP contribution in [0.3, 0.4) is 0 Å². The van der Waals surface area contributed by atoms with E-state index in [2.05, 4.69) is 31.3 Å². The van der Waals surface area contributed by atoms with Gasteiger partial charge in [-0.1, -0.05) is 19.1 Å².